The maximum Gasteiger partial charge on any atom is 0.225 e. The second kappa shape index (κ2) is 6.87. The molecule has 5 heteroatoms. The Hall–Kier alpha value is -2.43. The van der Waals surface area contributed by atoms with E-state index in [4.69, 9.17) is 4.74 Å². The number of ether oxygens (including phenoxy) is 1. The number of benzene rings is 1. The monoisotopic (exact) mass is 379 g/mol. The molecule has 28 heavy (non-hydrogen) atoms. The van der Waals surface area contributed by atoms with Gasteiger partial charge < -0.3 is 19.5 Å². The number of piperidine rings is 1. The highest BCUT2D eigenvalue weighted by atomic mass is 16.5. The Labute approximate surface area is 166 Å². The molecule has 5 nitrogen and oxygen atoms in total. The van der Waals surface area contributed by atoms with E-state index in [-0.39, 0.29) is 11.5 Å². The van der Waals surface area contributed by atoms with Crippen LogP contribution in [-0.2, 0) is 10.3 Å². The third-order valence-electron chi connectivity index (χ3n) is 6.96. The number of carbonyl (C=O) groups excluding carboxylic acids is 1. The molecule has 2 aliphatic heterocycles. The van der Waals surface area contributed by atoms with Crippen LogP contribution >= 0.6 is 0 Å². The Balaban J connectivity index is 1.39. The fraction of sp³-hybridized carbons (Fsp3) is 0.522. The van der Waals surface area contributed by atoms with Crippen LogP contribution < -0.4 is 10.1 Å². The van der Waals surface area contributed by atoms with Crippen LogP contribution in [0.3, 0.4) is 0 Å². The van der Waals surface area contributed by atoms with Crippen LogP contribution in [0.25, 0.3) is 5.69 Å². The summed E-state index contributed by atoms with van der Waals surface area (Å²) in [6.45, 7) is 1.65. The average Bonchev–Trinajstić information content (AvgIpc) is 3.25. The van der Waals surface area contributed by atoms with Crippen LogP contribution in [0.15, 0.2) is 36.5 Å². The lowest BCUT2D eigenvalue weighted by Crippen LogP contribution is -2.52. The first-order valence-electron chi connectivity index (χ1n) is 10.6. The van der Waals surface area contributed by atoms with E-state index >= 15 is 0 Å². The van der Waals surface area contributed by atoms with Crippen molar-refractivity contribution in [3.05, 3.63) is 42.2 Å². The number of methoxy groups -OCH3 is 1. The number of amides is 1. The molecular formula is C23H29N3O2. The summed E-state index contributed by atoms with van der Waals surface area (Å²) in [5.74, 6) is 1.51. The predicted molar refractivity (Wildman–Crippen MR) is 110 cm³/mol. The number of fused-ring (bicyclic) bond motifs is 4. The molecule has 0 unspecified atom stereocenters. The first kappa shape index (κ1) is 17.7. The van der Waals surface area contributed by atoms with E-state index in [0.717, 1.165) is 55.9 Å². The highest BCUT2D eigenvalue weighted by molar-refractivity contribution is 5.79. The van der Waals surface area contributed by atoms with E-state index in [1.165, 1.54) is 25.0 Å². The topological polar surface area (TPSA) is 46.5 Å². The zero-order valence-electron chi connectivity index (χ0n) is 16.6. The minimum absolute atomic E-state index is 0.119. The summed E-state index contributed by atoms with van der Waals surface area (Å²) >= 11 is 0. The molecule has 148 valence electrons. The van der Waals surface area contributed by atoms with E-state index in [1.807, 2.05) is 6.07 Å². The van der Waals surface area contributed by atoms with Gasteiger partial charge in [0.25, 0.3) is 0 Å². The molecule has 1 aliphatic carbocycles. The Bertz CT molecular complexity index is 874. The van der Waals surface area contributed by atoms with Gasteiger partial charge in [0.05, 0.1) is 24.0 Å². The Kier molecular flexibility index (Phi) is 4.33. The summed E-state index contributed by atoms with van der Waals surface area (Å²) in [4.78, 5) is 15.1. The fourth-order valence-corrected chi connectivity index (χ4v) is 5.35. The van der Waals surface area contributed by atoms with Crippen molar-refractivity contribution < 1.29 is 9.53 Å². The highest BCUT2D eigenvalue weighted by Gasteiger charge is 2.43. The molecule has 1 N–H and O–H groups in total. The third-order valence-corrected chi connectivity index (χ3v) is 6.96. The van der Waals surface area contributed by atoms with E-state index in [0.29, 0.717) is 5.91 Å². The lowest BCUT2D eigenvalue weighted by molar-refractivity contribution is -0.138. The molecule has 2 aromatic rings. The van der Waals surface area contributed by atoms with Gasteiger partial charge in [-0.25, -0.2) is 0 Å². The Morgan fingerprint density at radius 2 is 1.93 bits per heavy atom. The molecule has 5 rings (SSSR count). The SMILES string of the molecule is COc1ccc2c(c1)NC1(CCN(C(=O)C3CCCCC3)CC1)c1cccn1-2. The second-order valence-corrected chi connectivity index (χ2v) is 8.51. The smallest absolute Gasteiger partial charge is 0.225 e. The second-order valence-electron chi connectivity index (χ2n) is 8.51. The van der Waals surface area contributed by atoms with E-state index < -0.39 is 0 Å². The normalized spacial score (nSPS) is 21.0. The molecule has 0 bridgehead atoms. The Morgan fingerprint density at radius 1 is 1.14 bits per heavy atom. The summed E-state index contributed by atoms with van der Waals surface area (Å²) in [6, 6.07) is 10.5. The van der Waals surface area contributed by atoms with Crippen molar-refractivity contribution in [2.24, 2.45) is 5.92 Å². The molecule has 0 radical (unpaired) electrons. The lowest BCUT2D eigenvalue weighted by Gasteiger charge is -2.47. The van der Waals surface area contributed by atoms with Gasteiger partial charge in [0.2, 0.25) is 5.91 Å². The number of hydrogen-bond acceptors (Lipinski definition) is 3. The molecular weight excluding hydrogens is 350 g/mol. The predicted octanol–water partition coefficient (Wildman–Crippen LogP) is 4.31. The number of likely N-dealkylation sites (tertiary alicyclic amines) is 1. The maximum absolute atomic E-state index is 13.0. The van der Waals surface area contributed by atoms with Crippen LogP contribution in [0.1, 0.15) is 50.6 Å². The zero-order chi connectivity index (χ0) is 19.1. The van der Waals surface area contributed by atoms with Crippen molar-refractivity contribution in [3.63, 3.8) is 0 Å². The summed E-state index contributed by atoms with van der Waals surface area (Å²) in [5.41, 5.74) is 3.45. The minimum Gasteiger partial charge on any atom is -0.497 e. The van der Waals surface area contributed by atoms with Crippen LogP contribution in [0, 0.1) is 5.92 Å². The fourth-order valence-electron chi connectivity index (χ4n) is 5.35. The molecule has 1 aromatic heterocycles. The summed E-state index contributed by atoms with van der Waals surface area (Å²) < 4.78 is 7.73. The van der Waals surface area contributed by atoms with Gasteiger partial charge in [-0.3, -0.25) is 4.79 Å². The molecule has 1 aromatic carbocycles. The average molecular weight is 380 g/mol. The van der Waals surface area contributed by atoms with Crippen molar-refractivity contribution in [3.8, 4) is 11.4 Å². The molecule has 1 spiro atoms. The van der Waals surface area contributed by atoms with E-state index in [2.05, 4.69) is 45.2 Å². The molecule has 3 aliphatic rings. The number of carbonyl (C=O) groups is 1. The van der Waals surface area contributed by atoms with Gasteiger partial charge in [0.15, 0.2) is 0 Å². The number of aromatic nitrogens is 1. The van der Waals surface area contributed by atoms with Crippen molar-refractivity contribution in [2.75, 3.05) is 25.5 Å². The summed E-state index contributed by atoms with van der Waals surface area (Å²) in [6.07, 6.45) is 9.88. The van der Waals surface area contributed by atoms with Crippen LogP contribution in [0.2, 0.25) is 0 Å². The number of nitrogens with one attached hydrogen (secondary N) is 1. The Morgan fingerprint density at radius 3 is 2.68 bits per heavy atom. The number of rotatable bonds is 2. The standard InChI is InChI=1S/C23H29N3O2/c1-28-18-9-10-20-19(16-18)24-23(21-8-5-13-26(20)21)11-14-25(15-12-23)22(27)17-6-3-2-4-7-17/h5,8-10,13,16-17,24H,2-4,6-7,11-12,14-15H2,1H3. The van der Waals surface area contributed by atoms with Crippen molar-refractivity contribution in [1.29, 1.82) is 0 Å². The van der Waals surface area contributed by atoms with Gasteiger partial charge in [-0.1, -0.05) is 19.3 Å². The first-order chi connectivity index (χ1) is 13.7. The van der Waals surface area contributed by atoms with E-state index in [1.54, 1.807) is 7.11 Å². The van der Waals surface area contributed by atoms with Crippen LogP contribution in [0.5, 0.6) is 5.75 Å². The van der Waals surface area contributed by atoms with Gasteiger partial charge in [-0.2, -0.15) is 0 Å². The summed E-state index contributed by atoms with van der Waals surface area (Å²) in [7, 11) is 1.71. The molecule has 2 fully saturated rings. The van der Waals surface area contributed by atoms with Crippen molar-refractivity contribution in [2.45, 2.75) is 50.5 Å². The quantitative estimate of drug-likeness (QED) is 0.846. The molecule has 1 saturated heterocycles. The van der Waals surface area contributed by atoms with E-state index in [9.17, 15) is 4.79 Å². The lowest BCUT2D eigenvalue weighted by atomic mass is 9.81. The zero-order valence-corrected chi connectivity index (χ0v) is 16.6. The highest BCUT2D eigenvalue weighted by Crippen LogP contribution is 2.44. The molecule has 1 saturated carbocycles. The molecule has 1 amide bonds. The largest absolute Gasteiger partial charge is 0.497 e. The van der Waals surface area contributed by atoms with Crippen molar-refractivity contribution in [1.82, 2.24) is 9.47 Å². The minimum atomic E-state index is -0.119. The molecule has 3 heterocycles. The first-order valence-corrected chi connectivity index (χ1v) is 10.6. The number of anilines is 1. The van der Waals surface area contributed by atoms with Gasteiger partial charge in [-0.15, -0.1) is 0 Å². The summed E-state index contributed by atoms with van der Waals surface area (Å²) in [5, 5.41) is 3.83. The molecule has 0 atom stereocenters. The number of nitrogens with zero attached hydrogens (tertiary/aromatic N) is 2. The maximum atomic E-state index is 13.0. The van der Waals surface area contributed by atoms with Gasteiger partial charge >= 0.3 is 0 Å². The van der Waals surface area contributed by atoms with Gasteiger partial charge in [0.1, 0.15) is 5.75 Å². The van der Waals surface area contributed by atoms with Crippen LogP contribution in [0.4, 0.5) is 5.69 Å². The van der Waals surface area contributed by atoms with Gasteiger partial charge in [0, 0.05) is 37.0 Å². The van der Waals surface area contributed by atoms with Crippen LogP contribution in [-0.4, -0.2) is 35.6 Å². The van der Waals surface area contributed by atoms with Crippen molar-refractivity contribution >= 4 is 11.6 Å². The number of hydrogen-bond donors (Lipinski definition) is 1. The van der Waals surface area contributed by atoms with Gasteiger partial charge in [-0.05, 0) is 49.9 Å². The third kappa shape index (κ3) is 2.79.